The van der Waals surface area contributed by atoms with Crippen molar-refractivity contribution in [3.05, 3.63) is 71.5 Å². The minimum Gasteiger partial charge on any atom is -0.342 e. The summed E-state index contributed by atoms with van der Waals surface area (Å²) in [5.74, 6) is 0.550. The number of halogens is 1. The van der Waals surface area contributed by atoms with Gasteiger partial charge in [0.1, 0.15) is 5.82 Å². The lowest BCUT2D eigenvalue weighted by molar-refractivity contribution is -0.130. The van der Waals surface area contributed by atoms with Gasteiger partial charge in [0, 0.05) is 38.0 Å². The summed E-state index contributed by atoms with van der Waals surface area (Å²) in [6, 6.07) is 17.1. The summed E-state index contributed by atoms with van der Waals surface area (Å²) in [4.78, 5) is 14.8. The van der Waals surface area contributed by atoms with Crippen molar-refractivity contribution in [3.8, 4) is 0 Å². The molecule has 1 amide bonds. The van der Waals surface area contributed by atoms with Crippen LogP contribution in [0.2, 0.25) is 0 Å². The molecule has 0 spiro atoms. The van der Waals surface area contributed by atoms with Crippen LogP contribution in [0.1, 0.15) is 24.0 Å². The molecule has 0 radical (unpaired) electrons. The van der Waals surface area contributed by atoms with Crippen molar-refractivity contribution >= 4 is 5.91 Å². The first-order valence-corrected chi connectivity index (χ1v) is 9.91. The standard InChI is InChI=1S/C23H27FN2O/c24-21-9-6-19(7-10-21)8-11-22(27)26-15-20-14-25-16-23(20,17-26)13-12-18-4-2-1-3-5-18/h1-7,9-10,20,25H,8,11-17H2. The maximum absolute atomic E-state index is 13.0. The van der Waals surface area contributed by atoms with E-state index in [1.54, 1.807) is 12.1 Å². The maximum Gasteiger partial charge on any atom is 0.222 e. The number of carbonyl (C=O) groups excluding carboxylic acids is 1. The van der Waals surface area contributed by atoms with E-state index in [-0.39, 0.29) is 17.1 Å². The van der Waals surface area contributed by atoms with E-state index in [1.807, 2.05) is 0 Å². The van der Waals surface area contributed by atoms with Gasteiger partial charge in [0.25, 0.3) is 0 Å². The Hall–Kier alpha value is -2.20. The van der Waals surface area contributed by atoms with Crippen LogP contribution in [-0.4, -0.2) is 37.0 Å². The number of carbonyl (C=O) groups is 1. The van der Waals surface area contributed by atoms with Crippen LogP contribution < -0.4 is 5.32 Å². The third-order valence-corrected chi connectivity index (χ3v) is 6.33. The van der Waals surface area contributed by atoms with E-state index in [4.69, 9.17) is 0 Å². The molecule has 2 aliphatic rings. The Kier molecular flexibility index (Phi) is 5.26. The van der Waals surface area contributed by atoms with Gasteiger partial charge in [-0.05, 0) is 48.4 Å². The molecule has 4 heteroatoms. The third-order valence-electron chi connectivity index (χ3n) is 6.33. The van der Waals surface area contributed by atoms with Gasteiger partial charge in [-0.15, -0.1) is 0 Å². The first-order chi connectivity index (χ1) is 13.1. The number of fused-ring (bicyclic) bond motifs is 1. The highest BCUT2D eigenvalue weighted by atomic mass is 19.1. The van der Waals surface area contributed by atoms with E-state index in [1.165, 1.54) is 17.7 Å². The zero-order chi connectivity index (χ0) is 18.7. The first-order valence-electron chi connectivity index (χ1n) is 9.91. The smallest absolute Gasteiger partial charge is 0.222 e. The van der Waals surface area contributed by atoms with Crippen molar-refractivity contribution in [2.45, 2.75) is 25.7 Å². The molecule has 2 unspecified atom stereocenters. The average molecular weight is 366 g/mol. The van der Waals surface area contributed by atoms with E-state index in [0.717, 1.165) is 44.6 Å². The second-order valence-corrected chi connectivity index (χ2v) is 8.08. The second-order valence-electron chi connectivity index (χ2n) is 8.08. The largest absolute Gasteiger partial charge is 0.342 e. The molecule has 3 nitrogen and oxygen atoms in total. The number of amides is 1. The lowest BCUT2D eigenvalue weighted by Crippen LogP contribution is -2.36. The Morgan fingerprint density at radius 1 is 1.07 bits per heavy atom. The van der Waals surface area contributed by atoms with E-state index < -0.39 is 0 Å². The topological polar surface area (TPSA) is 32.3 Å². The summed E-state index contributed by atoms with van der Waals surface area (Å²) in [6.45, 7) is 3.74. The molecule has 2 aromatic carbocycles. The average Bonchev–Trinajstić information content (AvgIpc) is 3.24. The van der Waals surface area contributed by atoms with Crippen molar-refractivity contribution < 1.29 is 9.18 Å². The Balaban J connectivity index is 1.35. The van der Waals surface area contributed by atoms with Crippen LogP contribution >= 0.6 is 0 Å². The van der Waals surface area contributed by atoms with E-state index >= 15 is 0 Å². The van der Waals surface area contributed by atoms with Crippen LogP contribution in [0.3, 0.4) is 0 Å². The van der Waals surface area contributed by atoms with Crippen LogP contribution in [0.15, 0.2) is 54.6 Å². The molecule has 2 aromatic rings. The summed E-state index contributed by atoms with van der Waals surface area (Å²) in [6.07, 6.45) is 3.36. The first kappa shape index (κ1) is 18.2. The molecule has 2 fully saturated rings. The molecule has 142 valence electrons. The summed E-state index contributed by atoms with van der Waals surface area (Å²) in [5.41, 5.74) is 2.60. The molecule has 27 heavy (non-hydrogen) atoms. The summed E-state index contributed by atoms with van der Waals surface area (Å²) >= 11 is 0. The van der Waals surface area contributed by atoms with Gasteiger partial charge in [-0.3, -0.25) is 4.79 Å². The normalized spacial score (nSPS) is 24.2. The van der Waals surface area contributed by atoms with Gasteiger partial charge in [0.2, 0.25) is 5.91 Å². The van der Waals surface area contributed by atoms with Gasteiger partial charge in [0.05, 0.1) is 0 Å². The maximum atomic E-state index is 13.0. The number of nitrogens with one attached hydrogen (secondary N) is 1. The molecular weight excluding hydrogens is 339 g/mol. The highest BCUT2D eigenvalue weighted by Gasteiger charge is 2.49. The Morgan fingerprint density at radius 3 is 2.59 bits per heavy atom. The zero-order valence-corrected chi connectivity index (χ0v) is 15.7. The molecule has 0 saturated carbocycles. The zero-order valence-electron chi connectivity index (χ0n) is 15.7. The predicted molar refractivity (Wildman–Crippen MR) is 105 cm³/mol. The van der Waals surface area contributed by atoms with Gasteiger partial charge in [-0.25, -0.2) is 4.39 Å². The van der Waals surface area contributed by atoms with Gasteiger partial charge < -0.3 is 10.2 Å². The van der Waals surface area contributed by atoms with Gasteiger partial charge in [-0.1, -0.05) is 42.5 Å². The van der Waals surface area contributed by atoms with E-state index in [9.17, 15) is 9.18 Å². The molecule has 0 bridgehead atoms. The fourth-order valence-electron chi connectivity index (χ4n) is 4.67. The van der Waals surface area contributed by atoms with Crippen molar-refractivity contribution in [3.63, 3.8) is 0 Å². The molecule has 0 aliphatic carbocycles. The summed E-state index contributed by atoms with van der Waals surface area (Å²) in [5, 5.41) is 3.55. The van der Waals surface area contributed by atoms with Crippen molar-refractivity contribution in [2.75, 3.05) is 26.2 Å². The summed E-state index contributed by atoms with van der Waals surface area (Å²) in [7, 11) is 0. The predicted octanol–water partition coefficient (Wildman–Crippen LogP) is 3.44. The number of hydrogen-bond acceptors (Lipinski definition) is 2. The number of rotatable bonds is 6. The lowest BCUT2D eigenvalue weighted by Gasteiger charge is -2.28. The molecule has 2 saturated heterocycles. The monoisotopic (exact) mass is 366 g/mol. The van der Waals surface area contributed by atoms with Crippen LogP contribution in [0, 0.1) is 17.2 Å². The molecule has 2 aliphatic heterocycles. The quantitative estimate of drug-likeness (QED) is 0.849. The van der Waals surface area contributed by atoms with Crippen LogP contribution in [0.25, 0.3) is 0 Å². The van der Waals surface area contributed by atoms with Gasteiger partial charge >= 0.3 is 0 Å². The van der Waals surface area contributed by atoms with Crippen molar-refractivity contribution in [2.24, 2.45) is 11.3 Å². The minimum absolute atomic E-state index is 0.210. The molecule has 2 heterocycles. The molecule has 0 aromatic heterocycles. The third kappa shape index (κ3) is 4.06. The Labute approximate surface area is 160 Å². The molecule has 1 N–H and O–H groups in total. The number of hydrogen-bond donors (Lipinski definition) is 1. The number of likely N-dealkylation sites (tertiary alicyclic amines) is 1. The fraction of sp³-hybridized carbons (Fsp3) is 0.435. The minimum atomic E-state index is -0.231. The number of benzene rings is 2. The number of aryl methyl sites for hydroxylation is 2. The summed E-state index contributed by atoms with van der Waals surface area (Å²) < 4.78 is 13.0. The van der Waals surface area contributed by atoms with E-state index in [0.29, 0.717) is 18.8 Å². The van der Waals surface area contributed by atoms with Crippen molar-refractivity contribution in [1.29, 1.82) is 0 Å². The molecular formula is C23H27FN2O. The lowest BCUT2D eigenvalue weighted by atomic mass is 9.76. The van der Waals surface area contributed by atoms with Crippen LogP contribution in [0.4, 0.5) is 4.39 Å². The molecule has 2 atom stereocenters. The highest BCUT2D eigenvalue weighted by molar-refractivity contribution is 5.77. The van der Waals surface area contributed by atoms with Gasteiger partial charge in [0.15, 0.2) is 0 Å². The van der Waals surface area contributed by atoms with E-state index in [2.05, 4.69) is 40.5 Å². The van der Waals surface area contributed by atoms with Crippen molar-refractivity contribution in [1.82, 2.24) is 10.2 Å². The van der Waals surface area contributed by atoms with Crippen LogP contribution in [-0.2, 0) is 17.6 Å². The van der Waals surface area contributed by atoms with Gasteiger partial charge in [-0.2, -0.15) is 0 Å². The number of nitrogens with zero attached hydrogens (tertiary/aromatic N) is 1. The second kappa shape index (κ2) is 7.81. The van der Waals surface area contributed by atoms with Crippen LogP contribution in [0.5, 0.6) is 0 Å². The highest BCUT2D eigenvalue weighted by Crippen LogP contribution is 2.42. The molecule has 4 rings (SSSR count). The SMILES string of the molecule is O=C(CCc1ccc(F)cc1)N1CC2CNCC2(CCc2ccccc2)C1. The Bertz CT molecular complexity index is 777. The fourth-order valence-corrected chi connectivity index (χ4v) is 4.67. The Morgan fingerprint density at radius 2 is 1.81 bits per heavy atom.